The van der Waals surface area contributed by atoms with E-state index in [1.54, 1.807) is 11.3 Å². The summed E-state index contributed by atoms with van der Waals surface area (Å²) < 4.78 is 10.8. The van der Waals surface area contributed by atoms with Crippen molar-refractivity contribution in [1.82, 2.24) is 5.32 Å². The van der Waals surface area contributed by atoms with Crippen LogP contribution in [0.2, 0.25) is 0 Å². The summed E-state index contributed by atoms with van der Waals surface area (Å²) in [6.45, 7) is 1.84. The fourth-order valence-electron chi connectivity index (χ4n) is 1.99. The molecular formula is C13H19NO4S. The SMILES string of the molecule is O=C(NCC(OCCO)c1cccs1)C1CCOC1. The number of amides is 1. The van der Waals surface area contributed by atoms with Crippen molar-refractivity contribution in [3.63, 3.8) is 0 Å². The predicted octanol–water partition coefficient (Wildman–Crippen LogP) is 0.951. The Morgan fingerprint density at radius 2 is 2.58 bits per heavy atom. The third-order valence-electron chi connectivity index (χ3n) is 3.03. The van der Waals surface area contributed by atoms with Gasteiger partial charge in [0.05, 0.1) is 25.7 Å². The van der Waals surface area contributed by atoms with E-state index < -0.39 is 0 Å². The highest BCUT2D eigenvalue weighted by molar-refractivity contribution is 7.10. The Labute approximate surface area is 116 Å². The van der Waals surface area contributed by atoms with E-state index in [1.807, 2.05) is 17.5 Å². The zero-order valence-electron chi connectivity index (χ0n) is 10.7. The molecular weight excluding hydrogens is 266 g/mol. The van der Waals surface area contributed by atoms with E-state index in [2.05, 4.69) is 5.32 Å². The normalized spacial score (nSPS) is 20.4. The quantitative estimate of drug-likeness (QED) is 0.783. The van der Waals surface area contributed by atoms with Gasteiger partial charge >= 0.3 is 0 Å². The lowest BCUT2D eigenvalue weighted by Gasteiger charge is -2.18. The van der Waals surface area contributed by atoms with E-state index in [-0.39, 0.29) is 31.1 Å². The van der Waals surface area contributed by atoms with Crippen LogP contribution in [0.15, 0.2) is 17.5 Å². The largest absolute Gasteiger partial charge is 0.394 e. The van der Waals surface area contributed by atoms with Crippen LogP contribution in [0.5, 0.6) is 0 Å². The van der Waals surface area contributed by atoms with E-state index in [1.165, 1.54) is 0 Å². The molecule has 2 heterocycles. The molecule has 19 heavy (non-hydrogen) atoms. The second kappa shape index (κ2) is 7.59. The Morgan fingerprint density at radius 3 is 3.21 bits per heavy atom. The number of hydrogen-bond acceptors (Lipinski definition) is 5. The van der Waals surface area contributed by atoms with Gasteiger partial charge in [-0.05, 0) is 17.9 Å². The van der Waals surface area contributed by atoms with Crippen LogP contribution in [-0.4, -0.2) is 44.0 Å². The summed E-state index contributed by atoms with van der Waals surface area (Å²) in [5.41, 5.74) is 0. The molecule has 0 bridgehead atoms. The highest BCUT2D eigenvalue weighted by atomic mass is 32.1. The van der Waals surface area contributed by atoms with E-state index >= 15 is 0 Å². The van der Waals surface area contributed by atoms with Gasteiger partial charge in [-0.2, -0.15) is 0 Å². The van der Waals surface area contributed by atoms with Crippen molar-refractivity contribution in [2.24, 2.45) is 5.92 Å². The van der Waals surface area contributed by atoms with Gasteiger partial charge in [-0.15, -0.1) is 11.3 Å². The summed E-state index contributed by atoms with van der Waals surface area (Å²) in [5, 5.41) is 13.7. The van der Waals surface area contributed by atoms with Gasteiger partial charge in [0.2, 0.25) is 5.91 Å². The molecule has 0 spiro atoms. The minimum absolute atomic E-state index is 0.0201. The highest BCUT2D eigenvalue weighted by Gasteiger charge is 2.24. The van der Waals surface area contributed by atoms with Gasteiger partial charge < -0.3 is 19.9 Å². The average molecular weight is 285 g/mol. The summed E-state index contributed by atoms with van der Waals surface area (Å²) in [4.78, 5) is 13.0. The van der Waals surface area contributed by atoms with E-state index in [4.69, 9.17) is 14.6 Å². The van der Waals surface area contributed by atoms with Crippen LogP contribution in [0.3, 0.4) is 0 Å². The van der Waals surface area contributed by atoms with Crippen LogP contribution < -0.4 is 5.32 Å². The molecule has 5 nitrogen and oxygen atoms in total. The summed E-state index contributed by atoms with van der Waals surface area (Å²) in [7, 11) is 0. The van der Waals surface area contributed by atoms with Crippen molar-refractivity contribution in [3.8, 4) is 0 Å². The topological polar surface area (TPSA) is 67.8 Å². The molecule has 0 radical (unpaired) electrons. The minimum atomic E-state index is -0.196. The van der Waals surface area contributed by atoms with Crippen molar-refractivity contribution in [1.29, 1.82) is 0 Å². The highest BCUT2D eigenvalue weighted by Crippen LogP contribution is 2.22. The van der Waals surface area contributed by atoms with Gasteiger partial charge in [0.25, 0.3) is 0 Å². The number of aliphatic hydroxyl groups excluding tert-OH is 1. The average Bonchev–Trinajstić information content (AvgIpc) is 3.11. The molecule has 1 aliphatic heterocycles. The van der Waals surface area contributed by atoms with E-state index in [9.17, 15) is 4.79 Å². The molecule has 2 N–H and O–H groups in total. The summed E-state index contributed by atoms with van der Waals surface area (Å²) in [6, 6.07) is 3.92. The molecule has 6 heteroatoms. The third kappa shape index (κ3) is 4.28. The molecule has 1 aliphatic rings. The Morgan fingerprint density at radius 1 is 1.68 bits per heavy atom. The summed E-state index contributed by atoms with van der Waals surface area (Å²) in [6.07, 6.45) is 0.589. The first kappa shape index (κ1) is 14.5. The van der Waals surface area contributed by atoms with Gasteiger partial charge in [0, 0.05) is 18.0 Å². The first-order valence-corrected chi connectivity index (χ1v) is 7.30. The maximum absolute atomic E-state index is 11.9. The van der Waals surface area contributed by atoms with Crippen molar-refractivity contribution in [2.45, 2.75) is 12.5 Å². The van der Waals surface area contributed by atoms with Gasteiger partial charge in [-0.25, -0.2) is 0 Å². The molecule has 0 aromatic carbocycles. The van der Waals surface area contributed by atoms with Crippen molar-refractivity contribution in [2.75, 3.05) is 33.0 Å². The molecule has 1 fully saturated rings. The first-order chi connectivity index (χ1) is 9.31. The number of rotatable bonds is 7. The number of nitrogens with one attached hydrogen (secondary N) is 1. The third-order valence-corrected chi connectivity index (χ3v) is 4.00. The van der Waals surface area contributed by atoms with Gasteiger partial charge in [-0.3, -0.25) is 4.79 Å². The molecule has 0 saturated carbocycles. The van der Waals surface area contributed by atoms with Gasteiger partial charge in [0.15, 0.2) is 0 Å². The fourth-order valence-corrected chi connectivity index (χ4v) is 2.76. The Bertz CT molecular complexity index is 376. The lowest BCUT2D eigenvalue weighted by Crippen LogP contribution is -2.34. The van der Waals surface area contributed by atoms with Crippen LogP contribution in [-0.2, 0) is 14.3 Å². The minimum Gasteiger partial charge on any atom is -0.394 e. The molecule has 2 unspecified atom stereocenters. The van der Waals surface area contributed by atoms with Crippen LogP contribution >= 0.6 is 11.3 Å². The number of carbonyl (C=O) groups excluding carboxylic acids is 1. The lowest BCUT2D eigenvalue weighted by molar-refractivity contribution is -0.125. The fraction of sp³-hybridized carbons (Fsp3) is 0.615. The Balaban J connectivity index is 1.83. The number of hydrogen-bond donors (Lipinski definition) is 2. The maximum atomic E-state index is 11.9. The zero-order chi connectivity index (χ0) is 13.5. The zero-order valence-corrected chi connectivity index (χ0v) is 11.5. The van der Waals surface area contributed by atoms with Crippen LogP contribution in [0.4, 0.5) is 0 Å². The smallest absolute Gasteiger partial charge is 0.225 e. The summed E-state index contributed by atoms with van der Waals surface area (Å²) in [5.74, 6) is -0.0199. The van der Waals surface area contributed by atoms with Crippen molar-refractivity contribution < 1.29 is 19.4 Å². The first-order valence-electron chi connectivity index (χ1n) is 6.42. The second-order valence-corrected chi connectivity index (χ2v) is 5.38. The number of ether oxygens (including phenoxy) is 2. The van der Waals surface area contributed by atoms with Crippen molar-refractivity contribution in [3.05, 3.63) is 22.4 Å². The number of carbonyl (C=O) groups is 1. The molecule has 1 aromatic rings. The van der Waals surface area contributed by atoms with E-state index in [0.29, 0.717) is 19.8 Å². The Hall–Kier alpha value is -0.950. The lowest BCUT2D eigenvalue weighted by atomic mass is 10.1. The van der Waals surface area contributed by atoms with Crippen molar-refractivity contribution >= 4 is 17.2 Å². The predicted molar refractivity (Wildman–Crippen MR) is 72.0 cm³/mol. The Kier molecular flexibility index (Phi) is 5.78. The van der Waals surface area contributed by atoms with Gasteiger partial charge in [-0.1, -0.05) is 6.07 Å². The molecule has 0 aliphatic carbocycles. The molecule has 1 saturated heterocycles. The standard InChI is InChI=1S/C13H19NO4S/c15-4-6-18-11(12-2-1-7-19-12)8-14-13(16)10-3-5-17-9-10/h1-2,7,10-11,15H,3-6,8-9H2,(H,14,16). The number of thiophene rings is 1. The molecule has 2 rings (SSSR count). The monoisotopic (exact) mass is 285 g/mol. The molecule has 2 atom stereocenters. The maximum Gasteiger partial charge on any atom is 0.225 e. The van der Waals surface area contributed by atoms with Crippen LogP contribution in [0, 0.1) is 5.92 Å². The van der Waals surface area contributed by atoms with E-state index in [0.717, 1.165) is 11.3 Å². The van der Waals surface area contributed by atoms with Crippen LogP contribution in [0.25, 0.3) is 0 Å². The van der Waals surface area contributed by atoms with Gasteiger partial charge in [0.1, 0.15) is 6.10 Å². The van der Waals surface area contributed by atoms with Crippen LogP contribution in [0.1, 0.15) is 17.4 Å². The molecule has 1 amide bonds. The second-order valence-electron chi connectivity index (χ2n) is 4.40. The number of aliphatic hydroxyl groups is 1. The molecule has 106 valence electrons. The summed E-state index contributed by atoms with van der Waals surface area (Å²) >= 11 is 1.58. The molecule has 1 aromatic heterocycles.